The monoisotopic (exact) mass is 441 g/mol. The largest absolute Gasteiger partial charge is 0.461 e. The van der Waals surface area contributed by atoms with Crippen LogP contribution in [0.25, 0.3) is 17.4 Å². The van der Waals surface area contributed by atoms with Crippen LogP contribution in [0.2, 0.25) is 0 Å². The number of anilines is 2. The highest BCUT2D eigenvalue weighted by Gasteiger charge is 2.37. The van der Waals surface area contributed by atoms with Gasteiger partial charge in [0, 0.05) is 32.7 Å². The Morgan fingerprint density at radius 1 is 1.12 bits per heavy atom. The number of nitrogens with zero attached hydrogens (tertiary/aromatic N) is 8. The minimum atomic E-state index is -0.518. The number of nitrogens with two attached hydrogens (primary N) is 1. The second-order valence-corrected chi connectivity index (χ2v) is 7.72. The number of hydrogen-bond acceptors (Lipinski definition) is 10. The molecule has 0 radical (unpaired) electrons. The van der Waals surface area contributed by atoms with Gasteiger partial charge in [0.15, 0.2) is 5.76 Å². The first-order chi connectivity index (χ1) is 15.5. The summed E-state index contributed by atoms with van der Waals surface area (Å²) < 4.78 is 6.68. The van der Waals surface area contributed by atoms with Gasteiger partial charge in [-0.3, -0.25) is 9.59 Å². The Bertz CT molecular complexity index is 1140. The molecule has 168 valence electrons. The molecule has 2 amide bonds. The second kappa shape index (κ2) is 8.07. The number of aliphatic hydroxyl groups is 1. The number of rotatable bonds is 4. The number of fused-ring (bicyclic) bond motifs is 1. The van der Waals surface area contributed by atoms with Gasteiger partial charge in [-0.1, -0.05) is 0 Å². The molecule has 32 heavy (non-hydrogen) atoms. The first-order valence-electron chi connectivity index (χ1n) is 10.4. The predicted octanol–water partition coefficient (Wildman–Crippen LogP) is -1.01. The molecular formula is C19H23N9O4. The third kappa shape index (κ3) is 3.49. The highest BCUT2D eigenvalue weighted by Crippen LogP contribution is 2.26. The molecule has 2 aliphatic rings. The lowest BCUT2D eigenvalue weighted by atomic mass is 10.1. The first kappa shape index (κ1) is 20.2. The summed E-state index contributed by atoms with van der Waals surface area (Å²) in [5.74, 6) is 1.20. The van der Waals surface area contributed by atoms with Gasteiger partial charge >= 0.3 is 0 Å². The number of furan rings is 1. The molecule has 0 bridgehead atoms. The molecule has 1 atom stereocenters. The van der Waals surface area contributed by atoms with Gasteiger partial charge in [-0.25, -0.2) is 0 Å². The Labute approximate surface area is 182 Å². The molecule has 2 fully saturated rings. The minimum absolute atomic E-state index is 0.0293. The summed E-state index contributed by atoms with van der Waals surface area (Å²) in [6, 6.07) is 3.06. The Morgan fingerprint density at radius 2 is 1.91 bits per heavy atom. The molecule has 3 N–H and O–H groups in total. The van der Waals surface area contributed by atoms with E-state index in [1.165, 1.54) is 10.8 Å². The maximum absolute atomic E-state index is 13.2. The molecule has 13 nitrogen and oxygen atoms in total. The maximum atomic E-state index is 13.2. The van der Waals surface area contributed by atoms with Crippen LogP contribution in [0.1, 0.15) is 12.8 Å². The van der Waals surface area contributed by atoms with Crippen LogP contribution in [0.5, 0.6) is 0 Å². The van der Waals surface area contributed by atoms with Crippen molar-refractivity contribution in [2.75, 3.05) is 50.0 Å². The van der Waals surface area contributed by atoms with Crippen molar-refractivity contribution in [2.24, 2.45) is 0 Å². The lowest BCUT2D eigenvalue weighted by Gasteiger charge is -2.37. The van der Waals surface area contributed by atoms with E-state index in [2.05, 4.69) is 20.1 Å². The van der Waals surface area contributed by atoms with Crippen molar-refractivity contribution in [1.29, 1.82) is 0 Å². The highest BCUT2D eigenvalue weighted by atomic mass is 16.3. The summed E-state index contributed by atoms with van der Waals surface area (Å²) in [7, 11) is 0. The van der Waals surface area contributed by atoms with Crippen molar-refractivity contribution in [2.45, 2.75) is 18.9 Å². The average Bonchev–Trinajstić information content (AvgIpc) is 3.58. The number of amides is 2. The molecule has 0 saturated carbocycles. The topological polar surface area (TPSA) is 159 Å². The second-order valence-electron chi connectivity index (χ2n) is 7.72. The van der Waals surface area contributed by atoms with Gasteiger partial charge in [0.05, 0.1) is 6.26 Å². The zero-order valence-corrected chi connectivity index (χ0v) is 17.3. The fraction of sp³-hybridized carbons (Fsp3) is 0.474. The molecule has 0 unspecified atom stereocenters. The van der Waals surface area contributed by atoms with E-state index in [9.17, 15) is 9.59 Å². The number of aliphatic hydroxyl groups excluding tert-OH is 1. The Hall–Kier alpha value is -3.74. The van der Waals surface area contributed by atoms with Crippen molar-refractivity contribution >= 4 is 29.5 Å². The highest BCUT2D eigenvalue weighted by molar-refractivity contribution is 5.86. The fourth-order valence-corrected chi connectivity index (χ4v) is 4.18. The lowest BCUT2D eigenvalue weighted by molar-refractivity contribution is -0.141. The summed E-state index contributed by atoms with van der Waals surface area (Å²) in [6.45, 7) is 1.76. The van der Waals surface area contributed by atoms with E-state index in [0.717, 1.165) is 6.42 Å². The summed E-state index contributed by atoms with van der Waals surface area (Å²) in [4.78, 5) is 43.3. The first-order valence-corrected chi connectivity index (χ1v) is 10.4. The third-order valence-corrected chi connectivity index (χ3v) is 5.84. The fourth-order valence-electron chi connectivity index (χ4n) is 4.18. The molecule has 0 aliphatic carbocycles. The van der Waals surface area contributed by atoms with E-state index in [0.29, 0.717) is 56.7 Å². The van der Waals surface area contributed by atoms with Crippen LogP contribution in [0.4, 0.5) is 11.9 Å². The molecular weight excluding hydrogens is 418 g/mol. The standard InChI is InChI=1S/C19H23N9O4/c20-17-22-18(23-19-21-15(24-28(17)19)13-4-2-10-32-13)27-5-1-3-12(27)16(31)26-8-6-25(7-9-26)14(30)11-29/h2,4,10,12,29H,1,3,5-9,11H2,(H2,20,21,22,23,24)/t12-/m0/s1. The van der Waals surface area contributed by atoms with Crippen LogP contribution >= 0.6 is 0 Å². The normalized spacial score (nSPS) is 19.2. The van der Waals surface area contributed by atoms with Gasteiger partial charge in [0.1, 0.15) is 12.6 Å². The van der Waals surface area contributed by atoms with Gasteiger partial charge in [-0.2, -0.15) is 19.5 Å². The van der Waals surface area contributed by atoms with Crippen molar-refractivity contribution in [3.05, 3.63) is 18.4 Å². The smallest absolute Gasteiger partial charge is 0.259 e. The number of carbonyl (C=O) groups excluding carboxylic acids is 2. The maximum Gasteiger partial charge on any atom is 0.259 e. The summed E-state index contributed by atoms with van der Waals surface area (Å²) in [5.41, 5.74) is 6.11. The van der Waals surface area contributed by atoms with E-state index >= 15 is 0 Å². The van der Waals surface area contributed by atoms with E-state index in [1.807, 2.05) is 4.90 Å². The summed E-state index contributed by atoms with van der Waals surface area (Å²) >= 11 is 0. The average molecular weight is 441 g/mol. The zero-order valence-electron chi connectivity index (χ0n) is 17.3. The molecule has 3 aromatic rings. The number of carbonyl (C=O) groups is 2. The number of hydrogen-bond donors (Lipinski definition) is 2. The molecule has 2 aliphatic heterocycles. The van der Waals surface area contributed by atoms with E-state index in [-0.39, 0.29) is 23.5 Å². The SMILES string of the molecule is Nc1nc(N2CCC[C@H]2C(=O)N2CCN(C(=O)CO)CC2)nc2nc(-c3ccco3)nn12. The van der Waals surface area contributed by atoms with Crippen molar-refractivity contribution in [3.63, 3.8) is 0 Å². The molecule has 3 aromatic heterocycles. The summed E-state index contributed by atoms with van der Waals surface area (Å²) in [6.07, 6.45) is 3.02. The quantitative estimate of drug-likeness (QED) is 0.514. The zero-order chi connectivity index (χ0) is 22.2. The number of piperazine rings is 1. The molecule has 2 saturated heterocycles. The Morgan fingerprint density at radius 3 is 2.62 bits per heavy atom. The van der Waals surface area contributed by atoms with E-state index < -0.39 is 12.6 Å². The predicted molar refractivity (Wildman–Crippen MR) is 111 cm³/mol. The van der Waals surface area contributed by atoms with Gasteiger partial charge in [0.25, 0.3) is 5.78 Å². The lowest BCUT2D eigenvalue weighted by Crippen LogP contribution is -2.55. The third-order valence-electron chi connectivity index (χ3n) is 5.84. The Balaban J connectivity index is 1.36. The van der Waals surface area contributed by atoms with Crippen LogP contribution in [0, 0.1) is 0 Å². The van der Waals surface area contributed by atoms with Crippen molar-refractivity contribution in [3.8, 4) is 11.6 Å². The number of aromatic nitrogens is 5. The number of nitrogen functional groups attached to an aromatic ring is 1. The van der Waals surface area contributed by atoms with Crippen molar-refractivity contribution in [1.82, 2.24) is 34.4 Å². The van der Waals surface area contributed by atoms with Crippen LogP contribution in [0.15, 0.2) is 22.8 Å². The molecule has 5 rings (SSSR count). The molecule has 0 aromatic carbocycles. The minimum Gasteiger partial charge on any atom is -0.461 e. The van der Waals surface area contributed by atoms with Gasteiger partial charge < -0.3 is 30.0 Å². The van der Waals surface area contributed by atoms with Gasteiger partial charge in [-0.05, 0) is 25.0 Å². The van der Waals surface area contributed by atoms with Crippen LogP contribution in [0.3, 0.4) is 0 Å². The van der Waals surface area contributed by atoms with E-state index in [4.69, 9.17) is 15.3 Å². The van der Waals surface area contributed by atoms with Gasteiger partial charge in [-0.15, -0.1) is 5.10 Å². The van der Waals surface area contributed by atoms with Crippen LogP contribution in [-0.4, -0.2) is 96.7 Å². The van der Waals surface area contributed by atoms with Gasteiger partial charge in [0.2, 0.25) is 29.5 Å². The molecule has 0 spiro atoms. The van der Waals surface area contributed by atoms with E-state index in [1.54, 1.807) is 21.9 Å². The molecule has 5 heterocycles. The summed E-state index contributed by atoms with van der Waals surface area (Å²) in [5, 5.41) is 13.3. The van der Waals surface area contributed by atoms with Crippen LogP contribution in [-0.2, 0) is 9.59 Å². The molecule has 13 heteroatoms. The Kier molecular flexibility index (Phi) is 5.09. The van der Waals surface area contributed by atoms with Crippen molar-refractivity contribution < 1.29 is 19.1 Å². The van der Waals surface area contributed by atoms with Crippen LogP contribution < -0.4 is 10.6 Å².